The van der Waals surface area contributed by atoms with Gasteiger partial charge in [0.1, 0.15) is 0 Å². The Morgan fingerprint density at radius 2 is 1.88 bits per heavy atom. The smallest absolute Gasteiger partial charge is 0.221 e. The maximum Gasteiger partial charge on any atom is 0.221 e. The van der Waals surface area contributed by atoms with Gasteiger partial charge in [-0.3, -0.25) is 4.79 Å². The minimum atomic E-state index is -3.18. The molecule has 0 aliphatic rings. The first-order valence-electron chi connectivity index (χ1n) is 5.19. The summed E-state index contributed by atoms with van der Waals surface area (Å²) in [6.07, 6.45) is 1.33. The first-order valence-corrected chi connectivity index (χ1v) is 7.08. The van der Waals surface area contributed by atoms with Crippen LogP contribution in [-0.2, 0) is 14.8 Å². The normalized spacial score (nSPS) is 13.8. The van der Waals surface area contributed by atoms with Gasteiger partial charge in [-0.1, -0.05) is 13.8 Å². The molecule has 0 aromatic carbocycles. The molecule has 0 aliphatic carbocycles. The SMILES string of the molecule is CC(C)C(N)CC(=O)NCCNS(C)(=O)=O. The van der Waals surface area contributed by atoms with Gasteiger partial charge in [-0.2, -0.15) is 0 Å². The highest BCUT2D eigenvalue weighted by Gasteiger charge is 2.12. The largest absolute Gasteiger partial charge is 0.355 e. The number of sulfonamides is 1. The molecule has 0 bridgehead atoms. The fraction of sp³-hybridized carbons (Fsp3) is 0.889. The molecular formula is C9H21N3O3S. The van der Waals surface area contributed by atoms with Gasteiger partial charge in [0.05, 0.1) is 6.26 Å². The molecule has 1 atom stereocenters. The van der Waals surface area contributed by atoms with E-state index in [-0.39, 0.29) is 37.4 Å². The molecule has 0 aliphatic heterocycles. The zero-order valence-corrected chi connectivity index (χ0v) is 10.8. The minimum Gasteiger partial charge on any atom is -0.355 e. The van der Waals surface area contributed by atoms with E-state index in [1.807, 2.05) is 13.8 Å². The third kappa shape index (κ3) is 8.63. The van der Waals surface area contributed by atoms with Crippen LogP contribution in [0.15, 0.2) is 0 Å². The van der Waals surface area contributed by atoms with Crippen molar-refractivity contribution in [1.82, 2.24) is 10.0 Å². The molecule has 0 aromatic heterocycles. The van der Waals surface area contributed by atoms with Crippen molar-refractivity contribution in [3.05, 3.63) is 0 Å². The van der Waals surface area contributed by atoms with Gasteiger partial charge in [-0.05, 0) is 5.92 Å². The first kappa shape index (κ1) is 15.3. The molecule has 1 amide bonds. The molecule has 16 heavy (non-hydrogen) atoms. The van der Waals surface area contributed by atoms with E-state index < -0.39 is 10.0 Å². The molecule has 1 unspecified atom stereocenters. The summed E-state index contributed by atoms with van der Waals surface area (Å²) in [7, 11) is -3.18. The average molecular weight is 251 g/mol. The van der Waals surface area contributed by atoms with Gasteiger partial charge in [0.25, 0.3) is 0 Å². The van der Waals surface area contributed by atoms with Crippen molar-refractivity contribution in [3.63, 3.8) is 0 Å². The van der Waals surface area contributed by atoms with Crippen LogP contribution in [0.2, 0.25) is 0 Å². The molecule has 0 spiro atoms. The number of carbonyl (C=O) groups excluding carboxylic acids is 1. The molecule has 0 aromatic rings. The van der Waals surface area contributed by atoms with Gasteiger partial charge in [0, 0.05) is 25.6 Å². The first-order chi connectivity index (χ1) is 7.22. The number of carbonyl (C=O) groups is 1. The third-order valence-electron chi connectivity index (χ3n) is 2.09. The summed E-state index contributed by atoms with van der Waals surface area (Å²) >= 11 is 0. The maximum atomic E-state index is 11.3. The Hall–Kier alpha value is -0.660. The average Bonchev–Trinajstić information content (AvgIpc) is 2.10. The summed E-state index contributed by atoms with van der Waals surface area (Å²) in [5, 5.41) is 2.60. The number of rotatable bonds is 7. The Bertz CT molecular complexity index is 314. The number of hydrogen-bond donors (Lipinski definition) is 3. The van der Waals surface area contributed by atoms with E-state index >= 15 is 0 Å². The van der Waals surface area contributed by atoms with Crippen molar-refractivity contribution in [2.45, 2.75) is 26.3 Å². The van der Waals surface area contributed by atoms with Crippen LogP contribution in [0.3, 0.4) is 0 Å². The van der Waals surface area contributed by atoms with Gasteiger partial charge in [-0.25, -0.2) is 13.1 Å². The number of nitrogens with two attached hydrogens (primary N) is 1. The van der Waals surface area contributed by atoms with E-state index in [1.165, 1.54) is 0 Å². The zero-order valence-electron chi connectivity index (χ0n) is 9.99. The molecule has 0 saturated heterocycles. The zero-order chi connectivity index (χ0) is 12.8. The lowest BCUT2D eigenvalue weighted by molar-refractivity contribution is -0.121. The van der Waals surface area contributed by atoms with Crippen LogP contribution in [-0.4, -0.2) is 39.7 Å². The second-order valence-corrected chi connectivity index (χ2v) is 5.96. The van der Waals surface area contributed by atoms with Crippen LogP contribution < -0.4 is 15.8 Å². The van der Waals surface area contributed by atoms with Crippen molar-refractivity contribution < 1.29 is 13.2 Å². The summed E-state index contributed by atoms with van der Waals surface area (Å²) in [6, 6.07) is -0.164. The van der Waals surface area contributed by atoms with E-state index in [9.17, 15) is 13.2 Å². The van der Waals surface area contributed by atoms with E-state index in [0.717, 1.165) is 6.26 Å². The monoisotopic (exact) mass is 251 g/mol. The van der Waals surface area contributed by atoms with Crippen molar-refractivity contribution in [3.8, 4) is 0 Å². The van der Waals surface area contributed by atoms with E-state index in [0.29, 0.717) is 0 Å². The molecular weight excluding hydrogens is 230 g/mol. The molecule has 0 rings (SSSR count). The quantitative estimate of drug-likeness (QED) is 0.506. The fourth-order valence-electron chi connectivity index (χ4n) is 0.960. The van der Waals surface area contributed by atoms with Crippen molar-refractivity contribution in [1.29, 1.82) is 0 Å². The van der Waals surface area contributed by atoms with Gasteiger partial charge < -0.3 is 11.1 Å². The molecule has 0 fully saturated rings. The Labute approximate surface area is 97.0 Å². The van der Waals surface area contributed by atoms with Crippen molar-refractivity contribution >= 4 is 15.9 Å². The standard InChI is InChI=1S/C9H21N3O3S/c1-7(2)8(10)6-9(13)11-4-5-12-16(3,14)15/h7-8,12H,4-6,10H2,1-3H3,(H,11,13). The van der Waals surface area contributed by atoms with Gasteiger partial charge >= 0.3 is 0 Å². The Kier molecular flexibility index (Phi) is 6.54. The lowest BCUT2D eigenvalue weighted by Gasteiger charge is -2.14. The van der Waals surface area contributed by atoms with Gasteiger partial charge in [0.2, 0.25) is 15.9 Å². The fourth-order valence-corrected chi connectivity index (χ4v) is 1.43. The molecule has 6 nitrogen and oxygen atoms in total. The van der Waals surface area contributed by atoms with Crippen LogP contribution in [0, 0.1) is 5.92 Å². The van der Waals surface area contributed by atoms with E-state index in [4.69, 9.17) is 5.73 Å². The van der Waals surface area contributed by atoms with Crippen LogP contribution in [0.1, 0.15) is 20.3 Å². The second kappa shape index (κ2) is 6.82. The topological polar surface area (TPSA) is 101 Å². The lowest BCUT2D eigenvalue weighted by Crippen LogP contribution is -2.38. The molecule has 0 radical (unpaired) electrons. The van der Waals surface area contributed by atoms with Crippen molar-refractivity contribution in [2.75, 3.05) is 19.3 Å². The highest BCUT2D eigenvalue weighted by Crippen LogP contribution is 2.01. The summed E-state index contributed by atoms with van der Waals surface area (Å²) in [6.45, 7) is 4.37. The van der Waals surface area contributed by atoms with E-state index in [2.05, 4.69) is 10.0 Å². The predicted molar refractivity (Wildman–Crippen MR) is 63.3 cm³/mol. The highest BCUT2D eigenvalue weighted by atomic mass is 32.2. The van der Waals surface area contributed by atoms with Crippen LogP contribution in [0.5, 0.6) is 0 Å². The predicted octanol–water partition coefficient (Wildman–Crippen LogP) is -0.975. The van der Waals surface area contributed by atoms with Crippen LogP contribution >= 0.6 is 0 Å². The summed E-state index contributed by atoms with van der Waals surface area (Å²) in [5.41, 5.74) is 5.72. The third-order valence-corrected chi connectivity index (χ3v) is 2.82. The van der Waals surface area contributed by atoms with Crippen LogP contribution in [0.4, 0.5) is 0 Å². The summed E-state index contributed by atoms with van der Waals surface area (Å²) < 4.78 is 23.7. The minimum absolute atomic E-state index is 0.156. The summed E-state index contributed by atoms with van der Waals surface area (Å²) in [5.74, 6) is 0.0939. The number of nitrogens with one attached hydrogen (secondary N) is 2. The second-order valence-electron chi connectivity index (χ2n) is 4.13. The Morgan fingerprint density at radius 3 is 2.31 bits per heavy atom. The molecule has 7 heteroatoms. The molecule has 96 valence electrons. The maximum absolute atomic E-state index is 11.3. The van der Waals surface area contributed by atoms with E-state index in [1.54, 1.807) is 0 Å². The van der Waals surface area contributed by atoms with Gasteiger partial charge in [0.15, 0.2) is 0 Å². The summed E-state index contributed by atoms with van der Waals surface area (Å²) in [4.78, 5) is 11.3. The number of amides is 1. The lowest BCUT2D eigenvalue weighted by atomic mass is 10.0. The van der Waals surface area contributed by atoms with Gasteiger partial charge in [-0.15, -0.1) is 0 Å². The van der Waals surface area contributed by atoms with Crippen LogP contribution in [0.25, 0.3) is 0 Å². The molecule has 0 heterocycles. The molecule has 0 saturated carbocycles. The number of hydrogen-bond acceptors (Lipinski definition) is 4. The highest BCUT2D eigenvalue weighted by molar-refractivity contribution is 7.88. The van der Waals surface area contributed by atoms with Crippen molar-refractivity contribution in [2.24, 2.45) is 11.7 Å². The Morgan fingerprint density at radius 1 is 1.31 bits per heavy atom. The Balaban J connectivity index is 3.67. The molecule has 4 N–H and O–H groups in total.